The van der Waals surface area contributed by atoms with Crippen molar-refractivity contribution in [2.45, 2.75) is 19.4 Å². The maximum atomic E-state index is 13.3. The second-order valence-electron chi connectivity index (χ2n) is 5.46. The molecule has 0 saturated carbocycles. The Hall–Kier alpha value is -2.19. The van der Waals surface area contributed by atoms with Gasteiger partial charge in [-0.05, 0) is 52.9 Å². The molecule has 2 N–H and O–H groups in total. The number of fused-ring (bicyclic) bond motifs is 1. The smallest absolute Gasteiger partial charge is 0.123 e. The van der Waals surface area contributed by atoms with Crippen molar-refractivity contribution in [1.82, 2.24) is 0 Å². The number of benzene rings is 3. The highest BCUT2D eigenvalue weighted by Gasteiger charge is 2.12. The molecule has 0 saturated heterocycles. The number of halogens is 1. The average Bonchev–Trinajstić information content (AvgIpc) is 2.48. The van der Waals surface area contributed by atoms with Crippen LogP contribution in [0.3, 0.4) is 0 Å². The molecule has 106 valence electrons. The highest BCUT2D eigenvalue weighted by molar-refractivity contribution is 5.88. The Balaban J connectivity index is 1.98. The predicted molar refractivity (Wildman–Crippen MR) is 85.7 cm³/mol. The minimum atomic E-state index is -0.214. The van der Waals surface area contributed by atoms with Crippen molar-refractivity contribution in [3.8, 4) is 0 Å². The highest BCUT2D eigenvalue weighted by atomic mass is 19.1. The maximum Gasteiger partial charge on any atom is 0.123 e. The van der Waals surface area contributed by atoms with Gasteiger partial charge in [-0.2, -0.15) is 0 Å². The summed E-state index contributed by atoms with van der Waals surface area (Å²) in [7, 11) is 0. The molecule has 21 heavy (non-hydrogen) atoms. The van der Waals surface area contributed by atoms with E-state index >= 15 is 0 Å². The zero-order valence-corrected chi connectivity index (χ0v) is 12.0. The molecule has 1 atom stereocenters. The molecule has 0 fully saturated rings. The molecule has 0 aromatic heterocycles. The van der Waals surface area contributed by atoms with Crippen LogP contribution in [0.2, 0.25) is 0 Å². The summed E-state index contributed by atoms with van der Waals surface area (Å²) >= 11 is 0. The van der Waals surface area contributed by atoms with Crippen molar-refractivity contribution in [3.05, 3.63) is 83.2 Å². The monoisotopic (exact) mass is 279 g/mol. The molecule has 0 aliphatic heterocycles. The summed E-state index contributed by atoms with van der Waals surface area (Å²) in [6.07, 6.45) is 0.630. The fourth-order valence-electron chi connectivity index (χ4n) is 2.82. The van der Waals surface area contributed by atoms with Gasteiger partial charge in [0.25, 0.3) is 0 Å². The standard InChI is InChI=1S/C19H18FN/c1-13-9-10-18(17-8-3-2-7-16(13)17)19(21)12-14-5-4-6-15(20)11-14/h2-11,19H,12,21H2,1H3. The number of nitrogens with two attached hydrogens (primary N) is 1. The molecule has 2 heteroatoms. The predicted octanol–water partition coefficient (Wildman–Crippen LogP) is 4.53. The lowest BCUT2D eigenvalue weighted by atomic mass is 9.93. The molecule has 0 heterocycles. The van der Waals surface area contributed by atoms with Gasteiger partial charge in [-0.15, -0.1) is 0 Å². The lowest BCUT2D eigenvalue weighted by Gasteiger charge is -2.16. The Morgan fingerprint density at radius 2 is 1.71 bits per heavy atom. The van der Waals surface area contributed by atoms with Gasteiger partial charge in [0.1, 0.15) is 5.82 Å². The van der Waals surface area contributed by atoms with Gasteiger partial charge in [-0.1, -0.05) is 48.5 Å². The van der Waals surface area contributed by atoms with Gasteiger partial charge in [0.15, 0.2) is 0 Å². The summed E-state index contributed by atoms with van der Waals surface area (Å²) in [5.41, 5.74) is 9.65. The summed E-state index contributed by atoms with van der Waals surface area (Å²) < 4.78 is 13.3. The van der Waals surface area contributed by atoms with Crippen LogP contribution in [0.15, 0.2) is 60.7 Å². The van der Waals surface area contributed by atoms with Crippen molar-refractivity contribution in [2.75, 3.05) is 0 Å². The molecular formula is C19H18FN. The Morgan fingerprint density at radius 1 is 0.952 bits per heavy atom. The quantitative estimate of drug-likeness (QED) is 0.749. The van der Waals surface area contributed by atoms with E-state index in [0.717, 1.165) is 11.1 Å². The van der Waals surface area contributed by atoms with Crippen LogP contribution in [0.1, 0.15) is 22.7 Å². The van der Waals surface area contributed by atoms with Crippen molar-refractivity contribution in [1.29, 1.82) is 0 Å². The SMILES string of the molecule is Cc1ccc(C(N)Cc2cccc(F)c2)c2ccccc12. The fraction of sp³-hybridized carbons (Fsp3) is 0.158. The lowest BCUT2D eigenvalue weighted by molar-refractivity contribution is 0.622. The van der Waals surface area contributed by atoms with Crippen LogP contribution in [0.25, 0.3) is 10.8 Å². The van der Waals surface area contributed by atoms with Crippen LogP contribution in [-0.4, -0.2) is 0 Å². The van der Waals surface area contributed by atoms with E-state index in [2.05, 4.69) is 31.2 Å². The Morgan fingerprint density at radius 3 is 2.48 bits per heavy atom. The molecule has 0 aliphatic carbocycles. The second kappa shape index (κ2) is 5.66. The van der Waals surface area contributed by atoms with E-state index in [1.54, 1.807) is 12.1 Å². The van der Waals surface area contributed by atoms with E-state index in [9.17, 15) is 4.39 Å². The first-order valence-corrected chi connectivity index (χ1v) is 7.13. The van der Waals surface area contributed by atoms with Crippen LogP contribution in [0.5, 0.6) is 0 Å². The van der Waals surface area contributed by atoms with Gasteiger partial charge in [-0.25, -0.2) is 4.39 Å². The van der Waals surface area contributed by atoms with Gasteiger partial charge in [0.05, 0.1) is 0 Å². The normalized spacial score (nSPS) is 12.5. The van der Waals surface area contributed by atoms with Crippen molar-refractivity contribution >= 4 is 10.8 Å². The molecule has 3 aromatic carbocycles. The third kappa shape index (κ3) is 2.81. The van der Waals surface area contributed by atoms with Crippen LogP contribution in [-0.2, 0) is 6.42 Å². The first kappa shape index (κ1) is 13.8. The number of hydrogen-bond acceptors (Lipinski definition) is 1. The molecule has 3 aromatic rings. The van der Waals surface area contributed by atoms with Crippen molar-refractivity contribution in [2.24, 2.45) is 5.73 Å². The summed E-state index contributed by atoms with van der Waals surface area (Å²) in [6, 6.07) is 19.0. The molecule has 0 spiro atoms. The van der Waals surface area contributed by atoms with E-state index in [1.165, 1.54) is 22.4 Å². The van der Waals surface area contributed by atoms with Gasteiger partial charge in [-0.3, -0.25) is 0 Å². The lowest BCUT2D eigenvalue weighted by Crippen LogP contribution is -2.14. The summed E-state index contributed by atoms with van der Waals surface area (Å²) in [6.45, 7) is 2.10. The first-order chi connectivity index (χ1) is 10.1. The summed E-state index contributed by atoms with van der Waals surface area (Å²) in [4.78, 5) is 0. The highest BCUT2D eigenvalue weighted by Crippen LogP contribution is 2.27. The molecule has 0 bridgehead atoms. The zero-order valence-electron chi connectivity index (χ0n) is 12.0. The zero-order chi connectivity index (χ0) is 14.8. The largest absolute Gasteiger partial charge is 0.324 e. The van der Waals surface area contributed by atoms with E-state index in [1.807, 2.05) is 18.2 Å². The molecule has 1 nitrogen and oxygen atoms in total. The minimum absolute atomic E-state index is 0.141. The molecule has 0 aliphatic rings. The van der Waals surface area contributed by atoms with Gasteiger partial charge < -0.3 is 5.73 Å². The third-order valence-electron chi connectivity index (χ3n) is 3.92. The van der Waals surface area contributed by atoms with Gasteiger partial charge in [0.2, 0.25) is 0 Å². The molecule has 1 unspecified atom stereocenters. The van der Waals surface area contributed by atoms with Gasteiger partial charge in [0, 0.05) is 6.04 Å². The molecule has 0 amide bonds. The second-order valence-corrected chi connectivity index (χ2v) is 5.46. The van der Waals surface area contributed by atoms with Crippen LogP contribution < -0.4 is 5.73 Å². The average molecular weight is 279 g/mol. The third-order valence-corrected chi connectivity index (χ3v) is 3.92. The van der Waals surface area contributed by atoms with E-state index in [4.69, 9.17) is 5.73 Å². The minimum Gasteiger partial charge on any atom is -0.324 e. The number of rotatable bonds is 3. The topological polar surface area (TPSA) is 26.0 Å². The van der Waals surface area contributed by atoms with E-state index < -0.39 is 0 Å². The molecule has 0 radical (unpaired) electrons. The maximum absolute atomic E-state index is 13.3. The first-order valence-electron chi connectivity index (χ1n) is 7.13. The van der Waals surface area contributed by atoms with Crippen molar-refractivity contribution < 1.29 is 4.39 Å². The van der Waals surface area contributed by atoms with E-state index in [0.29, 0.717) is 6.42 Å². The number of hydrogen-bond donors (Lipinski definition) is 1. The molecular weight excluding hydrogens is 261 g/mol. The van der Waals surface area contributed by atoms with Crippen LogP contribution >= 0.6 is 0 Å². The summed E-state index contributed by atoms with van der Waals surface area (Å²) in [5, 5.41) is 2.41. The Bertz CT molecular complexity index is 779. The van der Waals surface area contributed by atoms with Crippen molar-refractivity contribution in [3.63, 3.8) is 0 Å². The number of aryl methyl sites for hydroxylation is 1. The summed E-state index contributed by atoms with van der Waals surface area (Å²) in [5.74, 6) is -0.214. The van der Waals surface area contributed by atoms with Crippen LogP contribution in [0, 0.1) is 12.7 Å². The Kier molecular flexibility index (Phi) is 3.72. The van der Waals surface area contributed by atoms with Gasteiger partial charge >= 0.3 is 0 Å². The Labute approximate surface area is 124 Å². The van der Waals surface area contributed by atoms with Crippen LogP contribution in [0.4, 0.5) is 4.39 Å². The fourth-order valence-corrected chi connectivity index (χ4v) is 2.82. The van der Waals surface area contributed by atoms with E-state index in [-0.39, 0.29) is 11.9 Å². The molecule has 3 rings (SSSR count).